The summed E-state index contributed by atoms with van der Waals surface area (Å²) in [4.78, 5) is 21.9. The van der Waals surface area contributed by atoms with Gasteiger partial charge in [-0.3, -0.25) is 0 Å². The van der Waals surface area contributed by atoms with Crippen molar-refractivity contribution in [1.82, 2.24) is 0 Å². The summed E-state index contributed by atoms with van der Waals surface area (Å²) in [7, 11) is 0. The van der Waals surface area contributed by atoms with Crippen LogP contribution in [0.2, 0.25) is 0 Å². The Balaban J connectivity index is 3.13. The van der Waals surface area contributed by atoms with Gasteiger partial charge in [-0.2, -0.15) is 0 Å². The predicted molar refractivity (Wildman–Crippen MR) is 61.3 cm³/mol. The molecule has 5 heteroatoms. The Morgan fingerprint density at radius 2 is 2.18 bits per heavy atom. The minimum Gasteiger partial charge on any atom is -0.478 e. The lowest BCUT2D eigenvalue weighted by molar-refractivity contribution is -0.136. The normalized spacial score (nSPS) is 9.00. The van der Waals surface area contributed by atoms with Gasteiger partial charge < -0.3 is 15.6 Å². The van der Waals surface area contributed by atoms with Crippen LogP contribution in [0.15, 0.2) is 18.2 Å². The lowest BCUT2D eigenvalue weighted by atomic mass is 10.1. The summed E-state index contributed by atoms with van der Waals surface area (Å²) >= 11 is 0. The molecule has 0 aliphatic rings. The number of nitrogen functional groups attached to an aromatic ring is 1. The molecular formula is C12H11NO4. The summed E-state index contributed by atoms with van der Waals surface area (Å²) < 4.78 is 4.60. The van der Waals surface area contributed by atoms with Crippen molar-refractivity contribution in [2.24, 2.45) is 0 Å². The van der Waals surface area contributed by atoms with Gasteiger partial charge in [0.1, 0.15) is 0 Å². The predicted octanol–water partition coefficient (Wildman–Crippen LogP) is 0.882. The number of esters is 1. The molecule has 1 aromatic rings. The fourth-order valence-electron chi connectivity index (χ4n) is 1.17. The Morgan fingerprint density at radius 3 is 2.76 bits per heavy atom. The summed E-state index contributed by atoms with van der Waals surface area (Å²) in [5.74, 6) is 2.74. The molecule has 0 atom stereocenters. The monoisotopic (exact) mass is 233 g/mol. The maximum Gasteiger partial charge on any atom is 0.384 e. The number of carbonyl (C=O) groups is 2. The number of aromatic carboxylic acids is 1. The molecule has 88 valence electrons. The second-order valence-electron chi connectivity index (χ2n) is 3.05. The molecule has 0 fully saturated rings. The van der Waals surface area contributed by atoms with Crippen molar-refractivity contribution >= 4 is 17.6 Å². The minimum atomic E-state index is -1.15. The van der Waals surface area contributed by atoms with E-state index in [1.54, 1.807) is 6.92 Å². The smallest absolute Gasteiger partial charge is 0.384 e. The molecule has 0 radical (unpaired) electrons. The van der Waals surface area contributed by atoms with E-state index in [2.05, 4.69) is 16.6 Å². The molecule has 1 aromatic carbocycles. The molecule has 5 nitrogen and oxygen atoms in total. The van der Waals surface area contributed by atoms with Crippen molar-refractivity contribution in [3.8, 4) is 11.8 Å². The van der Waals surface area contributed by atoms with E-state index in [1.165, 1.54) is 18.2 Å². The number of anilines is 1. The van der Waals surface area contributed by atoms with Crippen molar-refractivity contribution in [2.45, 2.75) is 6.92 Å². The van der Waals surface area contributed by atoms with Gasteiger partial charge in [0.2, 0.25) is 0 Å². The summed E-state index contributed by atoms with van der Waals surface area (Å²) in [5, 5.41) is 8.92. The first-order valence-corrected chi connectivity index (χ1v) is 4.86. The third-order valence-corrected chi connectivity index (χ3v) is 1.89. The third kappa shape index (κ3) is 3.24. The van der Waals surface area contributed by atoms with Crippen molar-refractivity contribution in [2.75, 3.05) is 12.3 Å². The molecule has 0 bridgehead atoms. The van der Waals surface area contributed by atoms with E-state index in [-0.39, 0.29) is 23.4 Å². The van der Waals surface area contributed by atoms with E-state index >= 15 is 0 Å². The van der Waals surface area contributed by atoms with Crippen LogP contribution in [0.25, 0.3) is 0 Å². The van der Waals surface area contributed by atoms with Crippen LogP contribution in [0.4, 0.5) is 5.69 Å². The lowest BCUT2D eigenvalue weighted by Crippen LogP contribution is -2.04. The van der Waals surface area contributed by atoms with E-state index < -0.39 is 11.9 Å². The lowest BCUT2D eigenvalue weighted by Gasteiger charge is -2.02. The van der Waals surface area contributed by atoms with E-state index in [0.717, 1.165) is 0 Å². The zero-order valence-electron chi connectivity index (χ0n) is 9.19. The van der Waals surface area contributed by atoms with Crippen LogP contribution in [-0.2, 0) is 9.53 Å². The van der Waals surface area contributed by atoms with E-state index in [0.29, 0.717) is 0 Å². The first-order valence-electron chi connectivity index (χ1n) is 4.86. The van der Waals surface area contributed by atoms with Crippen LogP contribution >= 0.6 is 0 Å². The summed E-state index contributed by atoms with van der Waals surface area (Å²) in [6, 6.07) is 4.39. The number of carboxylic acid groups (broad SMARTS) is 1. The molecule has 0 aliphatic heterocycles. The standard InChI is InChI=1S/C12H11NO4/c1-2-17-11(14)7-6-8-9(12(15)16)4-3-5-10(8)13/h3-5H,2,13H2,1H3,(H,15,16). The van der Waals surface area contributed by atoms with Gasteiger partial charge in [0.25, 0.3) is 0 Å². The molecule has 17 heavy (non-hydrogen) atoms. The highest BCUT2D eigenvalue weighted by Gasteiger charge is 2.10. The molecule has 0 aliphatic carbocycles. The Hall–Kier alpha value is -2.48. The summed E-state index contributed by atoms with van der Waals surface area (Å²) in [5.41, 5.74) is 5.89. The van der Waals surface area contributed by atoms with Gasteiger partial charge in [0.15, 0.2) is 0 Å². The zero-order chi connectivity index (χ0) is 12.8. The molecule has 0 unspecified atom stereocenters. The van der Waals surface area contributed by atoms with Crippen molar-refractivity contribution in [1.29, 1.82) is 0 Å². The average Bonchev–Trinajstić information content (AvgIpc) is 2.27. The van der Waals surface area contributed by atoms with E-state index in [9.17, 15) is 9.59 Å². The van der Waals surface area contributed by atoms with Crippen molar-refractivity contribution in [3.63, 3.8) is 0 Å². The highest BCUT2D eigenvalue weighted by molar-refractivity contribution is 5.95. The van der Waals surface area contributed by atoms with E-state index in [1.807, 2.05) is 0 Å². The average molecular weight is 233 g/mol. The topological polar surface area (TPSA) is 89.6 Å². The number of hydrogen-bond acceptors (Lipinski definition) is 4. The quantitative estimate of drug-likeness (QED) is 0.449. The molecule has 0 spiro atoms. The highest BCUT2D eigenvalue weighted by Crippen LogP contribution is 2.15. The second-order valence-corrected chi connectivity index (χ2v) is 3.05. The van der Waals surface area contributed by atoms with Gasteiger partial charge in [-0.25, -0.2) is 9.59 Å². The molecular weight excluding hydrogens is 222 g/mol. The molecule has 1 rings (SSSR count). The molecule has 3 N–H and O–H groups in total. The Morgan fingerprint density at radius 1 is 1.47 bits per heavy atom. The fourth-order valence-corrected chi connectivity index (χ4v) is 1.17. The molecule has 0 heterocycles. The third-order valence-electron chi connectivity index (χ3n) is 1.89. The minimum absolute atomic E-state index is 0.0400. The van der Waals surface area contributed by atoms with Gasteiger partial charge in [0.05, 0.1) is 17.7 Å². The summed E-state index contributed by atoms with van der Waals surface area (Å²) in [6.45, 7) is 1.86. The number of carboxylic acids is 1. The van der Waals surface area contributed by atoms with Crippen LogP contribution in [0.5, 0.6) is 0 Å². The number of ether oxygens (including phenoxy) is 1. The highest BCUT2D eigenvalue weighted by atomic mass is 16.5. The number of benzene rings is 1. The maximum atomic E-state index is 11.0. The number of hydrogen-bond donors (Lipinski definition) is 2. The van der Waals surface area contributed by atoms with Crippen LogP contribution in [-0.4, -0.2) is 23.7 Å². The van der Waals surface area contributed by atoms with Crippen LogP contribution in [0, 0.1) is 11.8 Å². The summed E-state index contributed by atoms with van der Waals surface area (Å²) in [6.07, 6.45) is 0. The Bertz CT molecular complexity index is 511. The molecule has 0 saturated carbocycles. The Kier molecular flexibility index (Phi) is 4.12. The van der Waals surface area contributed by atoms with Crippen molar-refractivity contribution in [3.05, 3.63) is 29.3 Å². The van der Waals surface area contributed by atoms with Gasteiger partial charge in [-0.15, -0.1) is 0 Å². The van der Waals surface area contributed by atoms with Gasteiger partial charge >= 0.3 is 11.9 Å². The van der Waals surface area contributed by atoms with Crippen LogP contribution in [0.1, 0.15) is 22.8 Å². The zero-order valence-corrected chi connectivity index (χ0v) is 9.19. The Labute approximate surface area is 98.2 Å². The number of rotatable bonds is 2. The largest absolute Gasteiger partial charge is 0.478 e. The van der Waals surface area contributed by atoms with Gasteiger partial charge in [0, 0.05) is 11.6 Å². The van der Waals surface area contributed by atoms with Gasteiger partial charge in [-0.1, -0.05) is 12.0 Å². The number of nitrogens with two attached hydrogens (primary N) is 1. The first-order chi connectivity index (χ1) is 8.06. The molecule has 0 saturated heterocycles. The second kappa shape index (κ2) is 5.56. The number of carbonyl (C=O) groups excluding carboxylic acids is 1. The van der Waals surface area contributed by atoms with Crippen LogP contribution < -0.4 is 5.73 Å². The fraction of sp³-hybridized carbons (Fsp3) is 0.167. The van der Waals surface area contributed by atoms with E-state index in [4.69, 9.17) is 10.8 Å². The maximum absolute atomic E-state index is 11.0. The van der Waals surface area contributed by atoms with Crippen molar-refractivity contribution < 1.29 is 19.4 Å². The van der Waals surface area contributed by atoms with Gasteiger partial charge in [-0.05, 0) is 19.1 Å². The molecule has 0 amide bonds. The molecule has 0 aromatic heterocycles. The SMILES string of the molecule is CCOC(=O)C#Cc1c(N)cccc1C(=O)O. The first kappa shape index (κ1) is 12.6. The van der Waals surface area contributed by atoms with Crippen LogP contribution in [0.3, 0.4) is 0 Å².